The minimum Gasteiger partial charge on any atom is -0.484 e. The average Bonchev–Trinajstić information content (AvgIpc) is 3.42. The number of hydrogen-bond donors (Lipinski definition) is 2. The second-order valence-corrected chi connectivity index (χ2v) is 8.15. The Balaban J connectivity index is 1.67. The zero-order valence-corrected chi connectivity index (χ0v) is 17.5. The number of alkyl halides is 4. The van der Waals surface area contributed by atoms with E-state index in [-0.39, 0.29) is 5.75 Å². The molecule has 0 fully saturated rings. The van der Waals surface area contributed by atoms with Gasteiger partial charge in [-0.15, -0.1) is 11.6 Å². The van der Waals surface area contributed by atoms with E-state index in [4.69, 9.17) is 16.3 Å². The highest BCUT2D eigenvalue weighted by Gasteiger charge is 2.38. The van der Waals surface area contributed by atoms with E-state index in [1.807, 2.05) is 60.9 Å². The zero-order chi connectivity index (χ0) is 22.3. The van der Waals surface area contributed by atoms with Crippen LogP contribution in [-0.2, 0) is 4.87 Å². The fraction of sp³-hybridized carbons (Fsp3) is 0.120. The van der Waals surface area contributed by atoms with E-state index in [0.29, 0.717) is 5.56 Å². The monoisotopic (exact) mass is 454 g/mol. The number of fused-ring (bicyclic) bond motifs is 2. The standard InChI is InChI=1S/C25H18ClF3N2O/c26-25(20-13-30-22-7-3-1-5-18(20)22,21-14-31-23-8-4-2-6-19(21)23)16-9-11-17(12-10-16)32-15-24(27,28)29/h1-14,30-31H,15H2. The van der Waals surface area contributed by atoms with Gasteiger partial charge in [-0.05, 0) is 29.8 Å². The van der Waals surface area contributed by atoms with Gasteiger partial charge in [-0.25, -0.2) is 0 Å². The lowest BCUT2D eigenvalue weighted by molar-refractivity contribution is -0.153. The van der Waals surface area contributed by atoms with Crippen LogP contribution >= 0.6 is 11.6 Å². The van der Waals surface area contributed by atoms with Gasteiger partial charge in [0.2, 0.25) is 0 Å². The molecule has 3 aromatic carbocycles. The Kier molecular flexibility index (Phi) is 4.90. The van der Waals surface area contributed by atoms with Crippen LogP contribution in [0.1, 0.15) is 16.7 Å². The molecule has 0 saturated heterocycles. The lowest BCUT2D eigenvalue weighted by atomic mass is 9.83. The molecule has 0 aliphatic heterocycles. The van der Waals surface area contributed by atoms with Gasteiger partial charge < -0.3 is 14.7 Å². The van der Waals surface area contributed by atoms with Gasteiger partial charge in [0.05, 0.1) is 0 Å². The smallest absolute Gasteiger partial charge is 0.422 e. The first kappa shape index (κ1) is 20.5. The normalized spacial score (nSPS) is 12.5. The molecule has 0 unspecified atom stereocenters. The van der Waals surface area contributed by atoms with Gasteiger partial charge in [0.15, 0.2) is 6.61 Å². The van der Waals surface area contributed by atoms with Gasteiger partial charge in [0, 0.05) is 45.3 Å². The molecule has 0 aliphatic rings. The first-order chi connectivity index (χ1) is 15.4. The van der Waals surface area contributed by atoms with Crippen molar-refractivity contribution in [3.8, 4) is 5.75 Å². The summed E-state index contributed by atoms with van der Waals surface area (Å²) in [6, 6.07) is 22.2. The molecule has 32 heavy (non-hydrogen) atoms. The molecule has 0 amide bonds. The summed E-state index contributed by atoms with van der Waals surface area (Å²) >= 11 is 7.50. The number of halogens is 4. The van der Waals surface area contributed by atoms with Crippen molar-refractivity contribution in [3.05, 3.63) is 102 Å². The molecular formula is C25H18ClF3N2O. The number of para-hydroxylation sites is 2. The molecule has 0 radical (unpaired) electrons. The molecular weight excluding hydrogens is 437 g/mol. The van der Waals surface area contributed by atoms with Crippen LogP contribution in [0.2, 0.25) is 0 Å². The Morgan fingerprint density at radius 3 is 1.72 bits per heavy atom. The zero-order valence-electron chi connectivity index (χ0n) is 16.7. The Hall–Kier alpha value is -3.38. The van der Waals surface area contributed by atoms with Crippen LogP contribution in [0, 0.1) is 0 Å². The van der Waals surface area contributed by atoms with Gasteiger partial charge in [-0.1, -0.05) is 48.5 Å². The van der Waals surface area contributed by atoms with E-state index in [1.165, 1.54) is 12.1 Å². The van der Waals surface area contributed by atoms with Crippen LogP contribution in [0.15, 0.2) is 85.2 Å². The molecule has 2 aromatic heterocycles. The lowest BCUT2D eigenvalue weighted by Gasteiger charge is -2.28. The van der Waals surface area contributed by atoms with Crippen molar-refractivity contribution in [2.24, 2.45) is 0 Å². The first-order valence-electron chi connectivity index (χ1n) is 9.98. The fourth-order valence-electron chi connectivity index (χ4n) is 4.12. The third-order valence-corrected chi connectivity index (χ3v) is 6.20. The molecule has 0 atom stereocenters. The molecule has 162 valence electrons. The summed E-state index contributed by atoms with van der Waals surface area (Å²) in [6.07, 6.45) is -0.635. The van der Waals surface area contributed by atoms with Gasteiger partial charge >= 0.3 is 6.18 Å². The maximum absolute atomic E-state index is 12.5. The number of rotatable bonds is 5. The third-order valence-electron chi connectivity index (χ3n) is 5.58. The molecule has 3 nitrogen and oxygen atoms in total. The van der Waals surface area contributed by atoms with E-state index in [2.05, 4.69) is 9.97 Å². The molecule has 2 heterocycles. The molecule has 0 saturated carbocycles. The average molecular weight is 455 g/mol. The lowest BCUT2D eigenvalue weighted by Crippen LogP contribution is -2.22. The number of nitrogens with one attached hydrogen (secondary N) is 2. The highest BCUT2D eigenvalue weighted by atomic mass is 35.5. The second-order valence-electron chi connectivity index (χ2n) is 7.58. The number of aromatic amines is 2. The molecule has 2 N–H and O–H groups in total. The number of ether oxygens (including phenoxy) is 1. The molecule has 0 bridgehead atoms. The Morgan fingerprint density at radius 1 is 0.719 bits per heavy atom. The SMILES string of the molecule is FC(F)(F)COc1ccc(C(Cl)(c2c[nH]c3ccccc23)c2c[nH]c3ccccc23)cc1. The van der Waals surface area contributed by atoms with Crippen LogP contribution in [0.5, 0.6) is 5.75 Å². The largest absolute Gasteiger partial charge is 0.484 e. The Morgan fingerprint density at radius 2 is 1.22 bits per heavy atom. The summed E-state index contributed by atoms with van der Waals surface area (Å²) in [6.45, 7) is -1.34. The van der Waals surface area contributed by atoms with Crippen LogP contribution in [0.4, 0.5) is 13.2 Å². The van der Waals surface area contributed by atoms with Gasteiger partial charge in [-0.2, -0.15) is 13.2 Å². The predicted molar refractivity (Wildman–Crippen MR) is 120 cm³/mol. The maximum Gasteiger partial charge on any atom is 0.422 e. The molecule has 5 rings (SSSR count). The molecule has 7 heteroatoms. The first-order valence-corrected chi connectivity index (χ1v) is 10.4. The van der Waals surface area contributed by atoms with E-state index in [9.17, 15) is 13.2 Å². The topological polar surface area (TPSA) is 40.8 Å². The summed E-state index contributed by atoms with van der Waals surface area (Å²) in [4.78, 5) is 5.46. The van der Waals surface area contributed by atoms with Crippen LogP contribution in [0.25, 0.3) is 21.8 Å². The molecule has 0 aliphatic carbocycles. The highest BCUT2D eigenvalue weighted by molar-refractivity contribution is 6.30. The van der Waals surface area contributed by atoms with Gasteiger partial charge in [0.1, 0.15) is 10.6 Å². The van der Waals surface area contributed by atoms with Crippen LogP contribution in [-0.4, -0.2) is 22.8 Å². The minimum absolute atomic E-state index is 0.128. The van der Waals surface area contributed by atoms with Gasteiger partial charge in [-0.3, -0.25) is 0 Å². The van der Waals surface area contributed by atoms with Crippen molar-refractivity contribution < 1.29 is 17.9 Å². The quantitative estimate of drug-likeness (QED) is 0.273. The van der Waals surface area contributed by atoms with Crippen molar-refractivity contribution in [1.82, 2.24) is 9.97 Å². The summed E-state index contributed by atoms with van der Waals surface area (Å²) in [5.74, 6) is 0.128. The van der Waals surface area contributed by atoms with Crippen molar-refractivity contribution in [1.29, 1.82) is 0 Å². The van der Waals surface area contributed by atoms with Crippen molar-refractivity contribution in [2.45, 2.75) is 11.1 Å². The predicted octanol–water partition coefficient (Wildman–Crippen LogP) is 7.12. The van der Waals surface area contributed by atoms with Crippen LogP contribution in [0.3, 0.4) is 0 Å². The number of aromatic nitrogens is 2. The number of H-pyrrole nitrogens is 2. The second kappa shape index (κ2) is 7.64. The van der Waals surface area contributed by atoms with E-state index in [1.54, 1.807) is 12.1 Å². The van der Waals surface area contributed by atoms with E-state index < -0.39 is 17.7 Å². The molecule has 5 aromatic rings. The molecule has 0 spiro atoms. The maximum atomic E-state index is 12.5. The minimum atomic E-state index is -4.40. The third kappa shape index (κ3) is 3.50. The summed E-state index contributed by atoms with van der Waals surface area (Å²) in [5.41, 5.74) is 4.30. The van der Waals surface area contributed by atoms with Gasteiger partial charge in [0.25, 0.3) is 0 Å². The van der Waals surface area contributed by atoms with Crippen LogP contribution < -0.4 is 4.74 Å². The number of benzene rings is 3. The summed E-state index contributed by atoms with van der Waals surface area (Å²) in [7, 11) is 0. The van der Waals surface area contributed by atoms with E-state index >= 15 is 0 Å². The highest BCUT2D eigenvalue weighted by Crippen LogP contribution is 2.48. The Bertz CT molecular complexity index is 1310. The summed E-state index contributed by atoms with van der Waals surface area (Å²) in [5, 5.41) is 1.93. The number of hydrogen-bond acceptors (Lipinski definition) is 1. The van der Waals surface area contributed by atoms with Crippen molar-refractivity contribution >= 4 is 33.4 Å². The Labute approximate surface area is 186 Å². The summed E-state index contributed by atoms with van der Waals surface area (Å²) < 4.78 is 42.5. The van der Waals surface area contributed by atoms with E-state index in [0.717, 1.165) is 32.9 Å². The van der Waals surface area contributed by atoms with Crippen molar-refractivity contribution in [3.63, 3.8) is 0 Å². The van der Waals surface area contributed by atoms with Crippen molar-refractivity contribution in [2.75, 3.05) is 6.61 Å². The fourth-order valence-corrected chi connectivity index (χ4v) is 4.55.